The Kier molecular flexibility index (Phi) is 7.62. The van der Waals surface area contributed by atoms with Gasteiger partial charge in [-0.25, -0.2) is 0 Å². The number of hydrogen-bond acceptors (Lipinski definition) is 2. The first-order chi connectivity index (χ1) is 9.96. The third kappa shape index (κ3) is 5.53. The Morgan fingerprint density at radius 3 is 1.48 bits per heavy atom. The van der Waals surface area contributed by atoms with Crippen molar-refractivity contribution in [2.75, 3.05) is 0 Å². The van der Waals surface area contributed by atoms with Crippen LogP contribution in [0.5, 0.6) is 0 Å². The van der Waals surface area contributed by atoms with Gasteiger partial charge in [0, 0.05) is 0 Å². The van der Waals surface area contributed by atoms with Crippen molar-refractivity contribution >= 4 is 25.2 Å². The molecule has 3 atom stereocenters. The first-order valence-corrected chi connectivity index (χ1v) is 17.3. The van der Waals surface area contributed by atoms with E-state index in [1.165, 1.54) is 0 Å². The van der Waals surface area contributed by atoms with E-state index in [-0.39, 0.29) is 10.1 Å². The fourth-order valence-electron chi connectivity index (χ4n) is 2.46. The van der Waals surface area contributed by atoms with Crippen LogP contribution in [-0.4, -0.2) is 25.2 Å². The highest BCUT2D eigenvalue weighted by Crippen LogP contribution is 2.46. The van der Waals surface area contributed by atoms with E-state index in [1.807, 2.05) is 0 Å². The molecule has 0 aromatic heterocycles. The minimum Gasteiger partial charge on any atom is -0.436 e. The highest BCUT2D eigenvalue weighted by Gasteiger charge is 2.53. The van der Waals surface area contributed by atoms with Crippen LogP contribution in [0.25, 0.3) is 0 Å². The Balaban J connectivity index is 5.78. The van der Waals surface area contributed by atoms with E-state index in [9.17, 15) is 0 Å². The van der Waals surface area contributed by atoms with Crippen LogP contribution in [0, 0.1) is 0 Å². The van der Waals surface area contributed by atoms with Crippen molar-refractivity contribution in [3.8, 4) is 0 Å². The molecular formula is C18H44O2Si3. The summed E-state index contributed by atoms with van der Waals surface area (Å²) in [7, 11) is -5.91. The first kappa shape index (κ1) is 23.6. The van der Waals surface area contributed by atoms with Gasteiger partial charge in [0.15, 0.2) is 16.6 Å². The predicted molar refractivity (Wildman–Crippen MR) is 113 cm³/mol. The molecule has 0 fully saturated rings. The van der Waals surface area contributed by atoms with E-state index < -0.39 is 25.2 Å². The Labute approximate surface area is 150 Å². The SMILES string of the molecule is CCC(C)[Si](C)(O[Si](C)(C)C(C)(C)C)O[Si](C)(CC)C(C)(C)C. The van der Waals surface area contributed by atoms with Crippen LogP contribution >= 0.6 is 0 Å². The van der Waals surface area contributed by atoms with Gasteiger partial charge in [0.2, 0.25) is 0 Å². The summed E-state index contributed by atoms with van der Waals surface area (Å²) in [5.41, 5.74) is 0.525. The van der Waals surface area contributed by atoms with Crippen LogP contribution in [0.15, 0.2) is 0 Å². The summed E-state index contributed by atoms with van der Waals surface area (Å²) in [6.07, 6.45) is 1.13. The second-order valence-corrected chi connectivity index (χ2v) is 24.0. The van der Waals surface area contributed by atoms with E-state index in [0.29, 0.717) is 5.54 Å². The molecule has 140 valence electrons. The van der Waals surface area contributed by atoms with Gasteiger partial charge >= 0.3 is 8.56 Å². The van der Waals surface area contributed by atoms with Gasteiger partial charge in [0.05, 0.1) is 0 Å². The molecule has 0 spiro atoms. The fraction of sp³-hybridized carbons (Fsp3) is 1.00. The van der Waals surface area contributed by atoms with Crippen LogP contribution in [-0.2, 0) is 8.23 Å². The van der Waals surface area contributed by atoms with Crippen LogP contribution < -0.4 is 0 Å². The summed E-state index contributed by atoms with van der Waals surface area (Å²) in [6.45, 7) is 30.4. The Morgan fingerprint density at radius 1 is 0.783 bits per heavy atom. The maximum Gasteiger partial charge on any atom is 0.317 e. The molecule has 0 aliphatic rings. The number of rotatable bonds is 7. The normalized spacial score (nSPS) is 20.7. The predicted octanol–water partition coefficient (Wildman–Crippen LogP) is 7.29. The largest absolute Gasteiger partial charge is 0.436 e. The van der Waals surface area contributed by atoms with E-state index in [0.717, 1.165) is 12.5 Å². The van der Waals surface area contributed by atoms with Crippen molar-refractivity contribution in [2.45, 2.75) is 117 Å². The smallest absolute Gasteiger partial charge is 0.317 e. The van der Waals surface area contributed by atoms with Gasteiger partial charge in [-0.1, -0.05) is 68.7 Å². The molecule has 0 aromatic carbocycles. The van der Waals surface area contributed by atoms with Crippen molar-refractivity contribution in [2.24, 2.45) is 0 Å². The minimum atomic E-state index is -2.24. The highest BCUT2D eigenvalue weighted by molar-refractivity contribution is 6.90. The van der Waals surface area contributed by atoms with Crippen molar-refractivity contribution < 1.29 is 8.23 Å². The van der Waals surface area contributed by atoms with Crippen LogP contribution in [0.2, 0.25) is 47.8 Å². The third-order valence-corrected chi connectivity index (χ3v) is 23.9. The van der Waals surface area contributed by atoms with Crippen LogP contribution in [0.3, 0.4) is 0 Å². The molecule has 0 saturated heterocycles. The molecule has 0 N–H and O–H groups in total. The second kappa shape index (κ2) is 7.44. The van der Waals surface area contributed by atoms with E-state index in [4.69, 9.17) is 8.23 Å². The zero-order valence-electron chi connectivity index (χ0n) is 18.3. The average Bonchev–Trinajstić information content (AvgIpc) is 2.33. The molecule has 5 heteroatoms. The lowest BCUT2D eigenvalue weighted by molar-refractivity contribution is 0.330. The molecule has 3 unspecified atom stereocenters. The van der Waals surface area contributed by atoms with Gasteiger partial charge in [-0.05, 0) is 47.8 Å². The van der Waals surface area contributed by atoms with Crippen molar-refractivity contribution in [3.05, 3.63) is 0 Å². The summed E-state index contributed by atoms with van der Waals surface area (Å²) < 4.78 is 14.1. The van der Waals surface area contributed by atoms with Gasteiger partial charge in [-0.15, -0.1) is 0 Å². The maximum absolute atomic E-state index is 7.11. The molecule has 0 saturated carbocycles. The topological polar surface area (TPSA) is 18.5 Å². The van der Waals surface area contributed by atoms with Gasteiger partial charge in [-0.3, -0.25) is 0 Å². The minimum absolute atomic E-state index is 0.226. The molecule has 0 bridgehead atoms. The third-order valence-electron chi connectivity index (χ3n) is 6.46. The van der Waals surface area contributed by atoms with Crippen molar-refractivity contribution in [3.63, 3.8) is 0 Å². The lowest BCUT2D eigenvalue weighted by atomic mass is 10.2. The zero-order chi connectivity index (χ0) is 18.9. The Bertz CT molecular complexity index is 385. The fourth-order valence-corrected chi connectivity index (χ4v) is 17.1. The molecule has 0 radical (unpaired) electrons. The summed E-state index contributed by atoms with van der Waals surface area (Å²) in [5.74, 6) is 0. The van der Waals surface area contributed by atoms with Crippen molar-refractivity contribution in [1.82, 2.24) is 0 Å². The molecular weight excluding hydrogens is 332 g/mol. The summed E-state index contributed by atoms with van der Waals surface area (Å²) >= 11 is 0. The van der Waals surface area contributed by atoms with E-state index in [1.54, 1.807) is 0 Å². The lowest BCUT2D eigenvalue weighted by Gasteiger charge is -2.51. The molecule has 0 amide bonds. The summed E-state index contributed by atoms with van der Waals surface area (Å²) in [4.78, 5) is 0. The summed E-state index contributed by atoms with van der Waals surface area (Å²) in [5, 5.41) is 0.463. The second-order valence-electron chi connectivity index (χ2n) is 10.1. The number of hydrogen-bond donors (Lipinski definition) is 0. The molecule has 0 rings (SSSR count). The van der Waals surface area contributed by atoms with Gasteiger partial charge in [0.25, 0.3) is 0 Å². The zero-order valence-corrected chi connectivity index (χ0v) is 21.3. The molecule has 0 heterocycles. The molecule has 23 heavy (non-hydrogen) atoms. The lowest BCUT2D eigenvalue weighted by Crippen LogP contribution is -2.61. The van der Waals surface area contributed by atoms with Gasteiger partial charge in [0.1, 0.15) is 0 Å². The van der Waals surface area contributed by atoms with Crippen LogP contribution in [0.1, 0.15) is 68.7 Å². The Morgan fingerprint density at radius 2 is 1.22 bits per heavy atom. The molecule has 0 aliphatic carbocycles. The Hall–Kier alpha value is 0.571. The first-order valence-electron chi connectivity index (χ1n) is 9.36. The molecule has 0 aliphatic heterocycles. The standard InChI is InChI=1S/C18H44O2Si3/c1-14-16(3)23(13,19-21(10,11)17(4,5)6)20-22(12,15-2)18(7,8)9/h16H,14-15H2,1-13H3. The monoisotopic (exact) mass is 376 g/mol. The van der Waals surface area contributed by atoms with E-state index >= 15 is 0 Å². The van der Waals surface area contributed by atoms with Gasteiger partial charge in [-0.2, -0.15) is 0 Å². The molecule has 0 aromatic rings. The van der Waals surface area contributed by atoms with Crippen LogP contribution in [0.4, 0.5) is 0 Å². The summed E-state index contributed by atoms with van der Waals surface area (Å²) in [6, 6.07) is 1.15. The van der Waals surface area contributed by atoms with Gasteiger partial charge < -0.3 is 8.23 Å². The van der Waals surface area contributed by atoms with Crippen molar-refractivity contribution in [1.29, 1.82) is 0 Å². The molecule has 2 nitrogen and oxygen atoms in total. The average molecular weight is 377 g/mol. The quantitative estimate of drug-likeness (QED) is 0.434. The highest BCUT2D eigenvalue weighted by atomic mass is 28.5. The maximum atomic E-state index is 7.11. The van der Waals surface area contributed by atoms with E-state index in [2.05, 4.69) is 88.5 Å².